The molecule has 3 aromatic rings. The van der Waals surface area contributed by atoms with E-state index in [9.17, 15) is 9.18 Å². The molecule has 2 aromatic heterocycles. The second-order valence-corrected chi connectivity index (χ2v) is 5.45. The van der Waals surface area contributed by atoms with Gasteiger partial charge in [0, 0.05) is 12.0 Å². The van der Waals surface area contributed by atoms with Gasteiger partial charge in [-0.15, -0.1) is 0 Å². The molecule has 0 bridgehead atoms. The van der Waals surface area contributed by atoms with Gasteiger partial charge in [0.1, 0.15) is 22.2 Å². The molecule has 0 saturated carbocycles. The van der Waals surface area contributed by atoms with Crippen LogP contribution in [0.2, 0.25) is 0 Å². The summed E-state index contributed by atoms with van der Waals surface area (Å²) >= 11 is 1.48. The van der Waals surface area contributed by atoms with Crippen molar-refractivity contribution in [3.05, 3.63) is 40.8 Å². The first-order valence-electron chi connectivity index (χ1n) is 6.32. The topological polar surface area (TPSA) is 47.3 Å². The Kier molecular flexibility index (Phi) is 3.31. The predicted octanol–water partition coefficient (Wildman–Crippen LogP) is 3.36. The van der Waals surface area contributed by atoms with Crippen molar-refractivity contribution in [3.63, 3.8) is 0 Å². The van der Waals surface area contributed by atoms with Gasteiger partial charge in [0.25, 0.3) is 0 Å². The van der Waals surface area contributed by atoms with E-state index >= 15 is 0 Å². The number of nitrogens with zero attached hydrogens (tertiary/aromatic N) is 3. The quantitative estimate of drug-likeness (QED) is 0.692. The third-order valence-corrected chi connectivity index (χ3v) is 3.94. The first-order valence-corrected chi connectivity index (χ1v) is 7.14. The van der Waals surface area contributed by atoms with Gasteiger partial charge in [-0.3, -0.25) is 4.79 Å². The molecule has 0 fully saturated rings. The molecule has 0 atom stereocenters. The zero-order valence-corrected chi connectivity index (χ0v) is 11.7. The monoisotopic (exact) mass is 289 g/mol. The summed E-state index contributed by atoms with van der Waals surface area (Å²) in [6.45, 7) is 2.08. The number of fused-ring (bicyclic) bond motifs is 1. The SMILES string of the molecule is CCCc1nn2c(C=O)c(-c3ccc(F)cc3)nc2s1. The highest BCUT2D eigenvalue weighted by Gasteiger charge is 2.17. The second-order valence-electron chi connectivity index (χ2n) is 4.41. The van der Waals surface area contributed by atoms with Crippen molar-refractivity contribution in [2.75, 3.05) is 0 Å². The largest absolute Gasteiger partial charge is 0.296 e. The third-order valence-electron chi connectivity index (χ3n) is 2.97. The maximum Gasteiger partial charge on any atom is 0.213 e. The van der Waals surface area contributed by atoms with Crippen LogP contribution in [0.5, 0.6) is 0 Å². The Labute approximate surface area is 118 Å². The molecule has 0 aliphatic carbocycles. The number of carbonyl (C=O) groups is 1. The normalized spacial score (nSPS) is 11.1. The molecule has 0 saturated heterocycles. The number of carbonyl (C=O) groups excluding carboxylic acids is 1. The average molecular weight is 289 g/mol. The Morgan fingerprint density at radius 2 is 2.10 bits per heavy atom. The van der Waals surface area contributed by atoms with Gasteiger partial charge < -0.3 is 0 Å². The molecule has 2 heterocycles. The third kappa shape index (κ3) is 2.12. The predicted molar refractivity (Wildman–Crippen MR) is 75.6 cm³/mol. The highest BCUT2D eigenvalue weighted by atomic mass is 32.1. The summed E-state index contributed by atoms with van der Waals surface area (Å²) in [4.78, 5) is 16.5. The highest BCUT2D eigenvalue weighted by molar-refractivity contribution is 7.16. The van der Waals surface area contributed by atoms with Gasteiger partial charge in [0.2, 0.25) is 4.96 Å². The molecule has 0 N–H and O–H groups in total. The average Bonchev–Trinajstić information content (AvgIpc) is 2.96. The molecule has 0 unspecified atom stereocenters. The van der Waals surface area contributed by atoms with Crippen molar-refractivity contribution in [1.82, 2.24) is 14.6 Å². The first-order chi connectivity index (χ1) is 9.72. The van der Waals surface area contributed by atoms with Crippen molar-refractivity contribution in [3.8, 4) is 11.3 Å². The number of hydrogen-bond donors (Lipinski definition) is 0. The van der Waals surface area contributed by atoms with E-state index in [2.05, 4.69) is 17.0 Å². The molecule has 4 nitrogen and oxygen atoms in total. The maximum absolute atomic E-state index is 13.0. The van der Waals surface area contributed by atoms with Crippen LogP contribution in [-0.2, 0) is 6.42 Å². The minimum absolute atomic E-state index is 0.314. The van der Waals surface area contributed by atoms with Crippen LogP contribution in [0.3, 0.4) is 0 Å². The van der Waals surface area contributed by atoms with Gasteiger partial charge in [0.05, 0.1) is 0 Å². The van der Waals surface area contributed by atoms with Gasteiger partial charge in [0.15, 0.2) is 6.29 Å². The van der Waals surface area contributed by atoms with E-state index in [1.807, 2.05) is 0 Å². The molecule has 3 rings (SSSR count). The van der Waals surface area contributed by atoms with E-state index in [4.69, 9.17) is 0 Å². The smallest absolute Gasteiger partial charge is 0.213 e. The molecule has 102 valence electrons. The molecule has 0 aliphatic rings. The Hall–Kier alpha value is -2.08. The minimum atomic E-state index is -0.314. The van der Waals surface area contributed by atoms with Crippen molar-refractivity contribution in [1.29, 1.82) is 0 Å². The summed E-state index contributed by atoms with van der Waals surface area (Å²) < 4.78 is 14.5. The standard InChI is InChI=1S/C14H12FN3OS/c1-2-3-12-17-18-11(8-19)13(16-14(18)20-12)9-4-6-10(15)7-5-9/h4-8H,2-3H2,1H3. The van der Waals surface area contributed by atoms with Crippen molar-refractivity contribution in [2.45, 2.75) is 19.8 Å². The number of aldehydes is 1. The van der Waals surface area contributed by atoms with E-state index in [1.54, 1.807) is 16.6 Å². The number of benzene rings is 1. The zero-order chi connectivity index (χ0) is 14.1. The lowest BCUT2D eigenvalue weighted by atomic mass is 10.1. The molecule has 20 heavy (non-hydrogen) atoms. The van der Waals surface area contributed by atoms with Crippen LogP contribution in [0.15, 0.2) is 24.3 Å². The first kappa shape index (κ1) is 12.9. The summed E-state index contributed by atoms with van der Waals surface area (Å²) in [7, 11) is 0. The Balaban J connectivity index is 2.13. The summed E-state index contributed by atoms with van der Waals surface area (Å²) in [6, 6.07) is 5.93. The summed E-state index contributed by atoms with van der Waals surface area (Å²) in [6.07, 6.45) is 2.62. The Morgan fingerprint density at radius 3 is 2.75 bits per heavy atom. The second kappa shape index (κ2) is 5.13. The zero-order valence-electron chi connectivity index (χ0n) is 10.8. The fourth-order valence-electron chi connectivity index (χ4n) is 2.04. The maximum atomic E-state index is 13.0. The summed E-state index contributed by atoms with van der Waals surface area (Å²) in [5.41, 5.74) is 1.66. The lowest BCUT2D eigenvalue weighted by Gasteiger charge is -1.98. The fourth-order valence-corrected chi connectivity index (χ4v) is 3.05. The highest BCUT2D eigenvalue weighted by Crippen LogP contribution is 2.26. The number of rotatable bonds is 4. The van der Waals surface area contributed by atoms with Crippen LogP contribution in [0, 0.1) is 5.82 Å². The summed E-state index contributed by atoms with van der Waals surface area (Å²) in [5, 5.41) is 5.37. The van der Waals surface area contributed by atoms with Crippen LogP contribution >= 0.6 is 11.3 Å². The van der Waals surface area contributed by atoms with Crippen molar-refractivity contribution < 1.29 is 9.18 Å². The molecular weight excluding hydrogens is 277 g/mol. The number of imidazole rings is 1. The van der Waals surface area contributed by atoms with Crippen LogP contribution in [0.1, 0.15) is 28.8 Å². The molecule has 0 amide bonds. The Morgan fingerprint density at radius 1 is 1.35 bits per heavy atom. The molecule has 1 aromatic carbocycles. The van der Waals surface area contributed by atoms with E-state index in [0.29, 0.717) is 21.9 Å². The van der Waals surface area contributed by atoms with Crippen LogP contribution in [-0.4, -0.2) is 20.9 Å². The van der Waals surface area contributed by atoms with Crippen LogP contribution < -0.4 is 0 Å². The van der Waals surface area contributed by atoms with E-state index < -0.39 is 0 Å². The number of hydrogen-bond acceptors (Lipinski definition) is 4. The van der Waals surface area contributed by atoms with Crippen molar-refractivity contribution in [2.24, 2.45) is 0 Å². The number of aromatic nitrogens is 3. The van der Waals surface area contributed by atoms with E-state index in [1.165, 1.54) is 23.5 Å². The van der Waals surface area contributed by atoms with Crippen LogP contribution in [0.4, 0.5) is 4.39 Å². The van der Waals surface area contributed by atoms with E-state index in [-0.39, 0.29) is 5.82 Å². The van der Waals surface area contributed by atoms with Crippen molar-refractivity contribution >= 4 is 22.6 Å². The Bertz CT molecular complexity index is 761. The van der Waals surface area contributed by atoms with E-state index in [0.717, 1.165) is 24.1 Å². The lowest BCUT2D eigenvalue weighted by molar-refractivity contribution is 0.111. The fraction of sp³-hybridized carbons (Fsp3) is 0.214. The minimum Gasteiger partial charge on any atom is -0.296 e. The molecular formula is C14H12FN3OS. The van der Waals surface area contributed by atoms with Crippen LogP contribution in [0.25, 0.3) is 16.2 Å². The van der Waals surface area contributed by atoms with Gasteiger partial charge in [-0.1, -0.05) is 18.3 Å². The number of halogens is 1. The lowest BCUT2D eigenvalue weighted by Crippen LogP contribution is -1.95. The van der Waals surface area contributed by atoms with Gasteiger partial charge in [-0.2, -0.15) is 9.61 Å². The molecule has 6 heteroatoms. The molecule has 0 spiro atoms. The van der Waals surface area contributed by atoms with Gasteiger partial charge in [-0.05, 0) is 30.7 Å². The molecule has 0 aliphatic heterocycles. The molecule has 0 radical (unpaired) electrons. The number of aryl methyl sites for hydroxylation is 1. The van der Waals surface area contributed by atoms with Gasteiger partial charge >= 0.3 is 0 Å². The van der Waals surface area contributed by atoms with Gasteiger partial charge in [-0.25, -0.2) is 9.37 Å². The summed E-state index contributed by atoms with van der Waals surface area (Å²) in [5.74, 6) is -0.314.